The summed E-state index contributed by atoms with van der Waals surface area (Å²) < 4.78 is 5.91. The molecule has 3 aromatic rings. The third kappa shape index (κ3) is 7.71. The average molecular weight is 473 g/mol. The molecule has 3 rings (SSSR count). The van der Waals surface area contributed by atoms with Crippen LogP contribution < -0.4 is 10.1 Å². The molecule has 1 atom stereocenters. The zero-order valence-corrected chi connectivity index (χ0v) is 21.4. The molecule has 0 aliphatic heterocycles. The standard InChI is InChI=1S/C30H36N2O3/c1-22-13-9-11-17-25(22)20-32(28(33)21-35-27-18-12-10-14-23(27)2)26(29(34)31-30(3,4)5)19-24-15-7-6-8-16-24/h6-18,26H,19-21H2,1-5H3,(H,31,34)/t26-/m0/s1. The predicted octanol–water partition coefficient (Wildman–Crippen LogP) is 5.24. The zero-order chi connectivity index (χ0) is 25.4. The van der Waals surface area contributed by atoms with Crippen LogP contribution in [0.2, 0.25) is 0 Å². The van der Waals surface area contributed by atoms with Gasteiger partial charge in [-0.1, -0.05) is 72.8 Å². The number of nitrogens with zero attached hydrogens (tertiary/aromatic N) is 1. The summed E-state index contributed by atoms with van der Waals surface area (Å²) in [5.74, 6) is 0.246. The fraction of sp³-hybridized carbons (Fsp3) is 0.333. The van der Waals surface area contributed by atoms with Crippen LogP contribution in [-0.4, -0.2) is 34.9 Å². The van der Waals surface area contributed by atoms with Gasteiger partial charge in [0.2, 0.25) is 5.91 Å². The molecular formula is C30H36N2O3. The molecule has 1 N–H and O–H groups in total. The molecule has 3 aromatic carbocycles. The average Bonchev–Trinajstić information content (AvgIpc) is 2.81. The van der Waals surface area contributed by atoms with E-state index in [1.807, 2.05) is 113 Å². The Morgan fingerprint density at radius 2 is 1.46 bits per heavy atom. The van der Waals surface area contributed by atoms with E-state index < -0.39 is 11.6 Å². The second-order valence-corrected chi connectivity index (χ2v) is 9.95. The Morgan fingerprint density at radius 3 is 2.09 bits per heavy atom. The van der Waals surface area contributed by atoms with Crippen molar-refractivity contribution in [2.45, 2.75) is 59.2 Å². The summed E-state index contributed by atoms with van der Waals surface area (Å²) in [5, 5.41) is 3.08. The third-order valence-corrected chi connectivity index (χ3v) is 5.82. The highest BCUT2D eigenvalue weighted by molar-refractivity contribution is 5.89. The van der Waals surface area contributed by atoms with E-state index in [9.17, 15) is 9.59 Å². The minimum Gasteiger partial charge on any atom is -0.484 e. The third-order valence-electron chi connectivity index (χ3n) is 5.82. The quantitative estimate of drug-likeness (QED) is 0.464. The first-order valence-electron chi connectivity index (χ1n) is 12.0. The first kappa shape index (κ1) is 26.0. The second-order valence-electron chi connectivity index (χ2n) is 9.95. The second kappa shape index (κ2) is 11.7. The van der Waals surface area contributed by atoms with Crippen LogP contribution >= 0.6 is 0 Å². The number of hydrogen-bond acceptors (Lipinski definition) is 3. The number of ether oxygens (including phenoxy) is 1. The van der Waals surface area contributed by atoms with Crippen molar-refractivity contribution in [1.29, 1.82) is 0 Å². The van der Waals surface area contributed by atoms with Crippen molar-refractivity contribution in [3.8, 4) is 5.75 Å². The number of carbonyl (C=O) groups excluding carboxylic acids is 2. The number of nitrogens with one attached hydrogen (secondary N) is 1. The molecule has 35 heavy (non-hydrogen) atoms. The number of carbonyl (C=O) groups is 2. The minimum atomic E-state index is -0.691. The molecule has 0 unspecified atom stereocenters. The maximum atomic E-state index is 13.7. The number of rotatable bonds is 9. The summed E-state index contributed by atoms with van der Waals surface area (Å²) in [4.78, 5) is 28.9. The molecule has 0 saturated heterocycles. The number of aryl methyl sites for hydroxylation is 2. The molecule has 2 amide bonds. The van der Waals surface area contributed by atoms with Crippen molar-refractivity contribution in [2.24, 2.45) is 0 Å². The summed E-state index contributed by atoms with van der Waals surface area (Å²) in [7, 11) is 0. The van der Waals surface area contributed by atoms with Crippen molar-refractivity contribution in [3.05, 3.63) is 101 Å². The highest BCUT2D eigenvalue weighted by Crippen LogP contribution is 2.20. The predicted molar refractivity (Wildman–Crippen MR) is 140 cm³/mol. The molecule has 5 nitrogen and oxygen atoms in total. The van der Waals surface area contributed by atoms with Gasteiger partial charge in [0, 0.05) is 18.5 Å². The fourth-order valence-corrected chi connectivity index (χ4v) is 3.92. The van der Waals surface area contributed by atoms with E-state index in [0.717, 1.165) is 22.3 Å². The van der Waals surface area contributed by atoms with Gasteiger partial charge in [-0.2, -0.15) is 0 Å². The van der Waals surface area contributed by atoms with Crippen LogP contribution in [0.3, 0.4) is 0 Å². The Labute approximate surface area is 209 Å². The van der Waals surface area contributed by atoms with E-state index in [-0.39, 0.29) is 18.4 Å². The fourth-order valence-electron chi connectivity index (χ4n) is 3.92. The Bertz CT molecular complexity index is 1140. The van der Waals surface area contributed by atoms with Crippen LogP contribution in [0.25, 0.3) is 0 Å². The summed E-state index contributed by atoms with van der Waals surface area (Å²) in [6.45, 7) is 9.96. The van der Waals surface area contributed by atoms with Crippen LogP contribution in [0.15, 0.2) is 78.9 Å². The lowest BCUT2D eigenvalue weighted by Crippen LogP contribution is -2.55. The molecule has 0 aliphatic rings. The van der Waals surface area contributed by atoms with Crippen molar-refractivity contribution in [2.75, 3.05) is 6.61 Å². The molecule has 0 radical (unpaired) electrons. The van der Waals surface area contributed by atoms with Gasteiger partial charge in [0.05, 0.1) is 0 Å². The van der Waals surface area contributed by atoms with E-state index in [2.05, 4.69) is 5.32 Å². The van der Waals surface area contributed by atoms with Crippen LogP contribution in [0.4, 0.5) is 0 Å². The first-order valence-corrected chi connectivity index (χ1v) is 12.0. The van der Waals surface area contributed by atoms with Crippen molar-refractivity contribution < 1.29 is 14.3 Å². The largest absolute Gasteiger partial charge is 0.484 e. The van der Waals surface area contributed by atoms with Crippen LogP contribution in [0.1, 0.15) is 43.0 Å². The van der Waals surface area contributed by atoms with Gasteiger partial charge in [-0.15, -0.1) is 0 Å². The molecule has 184 valence electrons. The number of benzene rings is 3. The highest BCUT2D eigenvalue weighted by Gasteiger charge is 2.32. The normalized spacial score (nSPS) is 12.0. The number of para-hydroxylation sites is 1. The Balaban J connectivity index is 1.95. The molecule has 0 aliphatic carbocycles. The van der Waals surface area contributed by atoms with Gasteiger partial charge >= 0.3 is 0 Å². The highest BCUT2D eigenvalue weighted by atomic mass is 16.5. The van der Waals surface area contributed by atoms with Crippen molar-refractivity contribution >= 4 is 11.8 Å². The van der Waals surface area contributed by atoms with E-state index >= 15 is 0 Å². The van der Waals surface area contributed by atoms with Gasteiger partial charge in [-0.05, 0) is 62.9 Å². The smallest absolute Gasteiger partial charge is 0.261 e. The van der Waals surface area contributed by atoms with Gasteiger partial charge in [-0.25, -0.2) is 0 Å². The molecule has 5 heteroatoms. The van der Waals surface area contributed by atoms with E-state index in [1.165, 1.54) is 0 Å². The molecule has 0 aromatic heterocycles. The molecule has 0 fully saturated rings. The minimum absolute atomic E-state index is 0.148. The monoisotopic (exact) mass is 472 g/mol. The topological polar surface area (TPSA) is 58.6 Å². The summed E-state index contributed by atoms with van der Waals surface area (Å²) in [5.41, 5.74) is 3.58. The van der Waals surface area contributed by atoms with Gasteiger partial charge in [0.1, 0.15) is 11.8 Å². The van der Waals surface area contributed by atoms with Crippen LogP contribution in [0.5, 0.6) is 5.75 Å². The maximum absolute atomic E-state index is 13.7. The number of hydrogen-bond donors (Lipinski definition) is 1. The molecule has 0 saturated carbocycles. The van der Waals surface area contributed by atoms with E-state index in [4.69, 9.17) is 4.74 Å². The molecule has 0 heterocycles. The molecule has 0 spiro atoms. The van der Waals surface area contributed by atoms with Gasteiger partial charge in [0.15, 0.2) is 6.61 Å². The number of amides is 2. The van der Waals surface area contributed by atoms with E-state index in [0.29, 0.717) is 18.7 Å². The zero-order valence-electron chi connectivity index (χ0n) is 21.4. The van der Waals surface area contributed by atoms with Gasteiger partial charge in [0.25, 0.3) is 5.91 Å². The lowest BCUT2D eigenvalue weighted by Gasteiger charge is -2.34. The Hall–Kier alpha value is -3.60. The first-order chi connectivity index (χ1) is 16.6. The van der Waals surface area contributed by atoms with Gasteiger partial charge < -0.3 is 15.0 Å². The summed E-state index contributed by atoms with van der Waals surface area (Å²) >= 11 is 0. The van der Waals surface area contributed by atoms with Gasteiger partial charge in [-0.3, -0.25) is 9.59 Å². The SMILES string of the molecule is Cc1ccccc1CN(C(=O)COc1ccccc1C)[C@@H](Cc1ccccc1)C(=O)NC(C)(C)C. The lowest BCUT2D eigenvalue weighted by molar-refractivity contribution is -0.143. The summed E-state index contributed by atoms with van der Waals surface area (Å²) in [6, 6.07) is 24.7. The van der Waals surface area contributed by atoms with Crippen LogP contribution in [-0.2, 0) is 22.6 Å². The molecular weight excluding hydrogens is 436 g/mol. The summed E-state index contributed by atoms with van der Waals surface area (Å²) in [6.07, 6.45) is 0.407. The Morgan fingerprint density at radius 1 is 0.857 bits per heavy atom. The van der Waals surface area contributed by atoms with Crippen molar-refractivity contribution in [3.63, 3.8) is 0 Å². The van der Waals surface area contributed by atoms with E-state index in [1.54, 1.807) is 4.90 Å². The maximum Gasteiger partial charge on any atom is 0.261 e. The lowest BCUT2D eigenvalue weighted by atomic mass is 10.00. The Kier molecular flexibility index (Phi) is 8.69. The molecule has 0 bridgehead atoms. The van der Waals surface area contributed by atoms with Crippen molar-refractivity contribution in [1.82, 2.24) is 10.2 Å². The van der Waals surface area contributed by atoms with Crippen LogP contribution in [0, 0.1) is 13.8 Å².